The van der Waals surface area contributed by atoms with Crippen LogP contribution in [0.4, 0.5) is 5.82 Å². The van der Waals surface area contributed by atoms with E-state index in [-0.39, 0.29) is 0 Å². The van der Waals surface area contributed by atoms with Crippen LogP contribution < -0.4 is 5.32 Å². The molecule has 0 amide bonds. The van der Waals surface area contributed by atoms with Gasteiger partial charge in [0.2, 0.25) is 0 Å². The molecule has 3 heteroatoms. The lowest BCUT2D eigenvalue weighted by atomic mass is 10.0. The van der Waals surface area contributed by atoms with Gasteiger partial charge in [0.1, 0.15) is 5.82 Å². The number of aromatic nitrogens is 1. The fourth-order valence-electron chi connectivity index (χ4n) is 2.68. The zero-order valence-corrected chi connectivity index (χ0v) is 12.0. The first kappa shape index (κ1) is 13.7. The topological polar surface area (TPSA) is 24.9 Å². The molecule has 0 saturated carbocycles. The Morgan fingerprint density at radius 2 is 2.22 bits per heavy atom. The Morgan fingerprint density at radius 1 is 1.33 bits per heavy atom. The SMILES string of the molecule is CCCC(CCCl)CNc1ccc2c(n1)CCC2. The van der Waals surface area contributed by atoms with E-state index in [1.54, 1.807) is 0 Å². The van der Waals surface area contributed by atoms with Crippen LogP contribution in [0.2, 0.25) is 0 Å². The average Bonchev–Trinajstić information content (AvgIpc) is 2.84. The number of anilines is 1. The smallest absolute Gasteiger partial charge is 0.126 e. The van der Waals surface area contributed by atoms with E-state index in [0.29, 0.717) is 5.92 Å². The molecule has 1 atom stereocenters. The second kappa shape index (κ2) is 6.98. The van der Waals surface area contributed by atoms with E-state index >= 15 is 0 Å². The molecule has 0 aromatic carbocycles. The Bertz CT molecular complexity index is 373. The number of alkyl halides is 1. The van der Waals surface area contributed by atoms with Gasteiger partial charge in [-0.05, 0) is 49.7 Å². The van der Waals surface area contributed by atoms with E-state index in [0.717, 1.165) is 31.1 Å². The Kier molecular flexibility index (Phi) is 5.30. The average molecular weight is 267 g/mol. The van der Waals surface area contributed by atoms with Crippen LogP contribution in [0, 0.1) is 5.92 Å². The number of rotatable bonds is 7. The molecular formula is C15H23ClN2. The second-order valence-electron chi connectivity index (χ2n) is 5.17. The summed E-state index contributed by atoms with van der Waals surface area (Å²) in [6.45, 7) is 3.22. The van der Waals surface area contributed by atoms with Crippen LogP contribution in [-0.2, 0) is 12.8 Å². The van der Waals surface area contributed by atoms with E-state index in [1.807, 2.05) is 0 Å². The summed E-state index contributed by atoms with van der Waals surface area (Å²) >= 11 is 5.85. The maximum atomic E-state index is 5.85. The zero-order valence-electron chi connectivity index (χ0n) is 11.2. The summed E-state index contributed by atoms with van der Waals surface area (Å²) in [7, 11) is 0. The molecule has 1 N–H and O–H groups in total. The standard InChI is InChI=1S/C15H23ClN2/c1-2-4-12(9-10-16)11-17-15-8-7-13-5-3-6-14(13)18-15/h7-8,12H,2-6,9-11H2,1H3,(H,17,18). The first-order chi connectivity index (χ1) is 8.83. The van der Waals surface area contributed by atoms with Crippen molar-refractivity contribution in [3.8, 4) is 0 Å². The Labute approximate surface area is 115 Å². The van der Waals surface area contributed by atoms with Crippen LogP contribution in [-0.4, -0.2) is 17.4 Å². The van der Waals surface area contributed by atoms with Crippen LogP contribution in [0.15, 0.2) is 12.1 Å². The molecule has 0 aliphatic heterocycles. The molecule has 1 aliphatic carbocycles. The molecule has 1 heterocycles. The van der Waals surface area contributed by atoms with Crippen molar-refractivity contribution in [2.24, 2.45) is 5.92 Å². The summed E-state index contributed by atoms with van der Waals surface area (Å²) in [5, 5.41) is 3.47. The van der Waals surface area contributed by atoms with Gasteiger partial charge in [-0.15, -0.1) is 11.6 Å². The van der Waals surface area contributed by atoms with Gasteiger partial charge in [-0.25, -0.2) is 4.98 Å². The summed E-state index contributed by atoms with van der Waals surface area (Å²) in [5.74, 6) is 2.46. The van der Waals surface area contributed by atoms with Gasteiger partial charge in [-0.2, -0.15) is 0 Å². The van der Waals surface area contributed by atoms with E-state index in [9.17, 15) is 0 Å². The van der Waals surface area contributed by atoms with Gasteiger partial charge in [-0.3, -0.25) is 0 Å². The van der Waals surface area contributed by atoms with Crippen molar-refractivity contribution in [1.29, 1.82) is 0 Å². The summed E-state index contributed by atoms with van der Waals surface area (Å²) in [5.41, 5.74) is 2.73. The summed E-state index contributed by atoms with van der Waals surface area (Å²) in [4.78, 5) is 4.70. The highest BCUT2D eigenvalue weighted by atomic mass is 35.5. The molecule has 0 spiro atoms. The van der Waals surface area contributed by atoms with Gasteiger partial charge in [0.05, 0.1) is 0 Å². The van der Waals surface area contributed by atoms with Gasteiger partial charge in [-0.1, -0.05) is 19.4 Å². The molecule has 0 saturated heterocycles. The minimum absolute atomic E-state index is 0.669. The van der Waals surface area contributed by atoms with E-state index in [2.05, 4.69) is 24.4 Å². The van der Waals surface area contributed by atoms with Crippen molar-refractivity contribution in [3.63, 3.8) is 0 Å². The highest BCUT2D eigenvalue weighted by Crippen LogP contribution is 2.22. The third kappa shape index (κ3) is 3.61. The number of pyridine rings is 1. The molecular weight excluding hydrogens is 244 g/mol. The van der Waals surface area contributed by atoms with Crippen LogP contribution >= 0.6 is 11.6 Å². The van der Waals surface area contributed by atoms with Crippen molar-refractivity contribution in [1.82, 2.24) is 4.98 Å². The van der Waals surface area contributed by atoms with Gasteiger partial charge in [0, 0.05) is 18.1 Å². The highest BCUT2D eigenvalue weighted by molar-refractivity contribution is 6.17. The number of aryl methyl sites for hydroxylation is 2. The number of halogens is 1. The van der Waals surface area contributed by atoms with Gasteiger partial charge in [0.25, 0.3) is 0 Å². The predicted octanol–water partition coefficient (Wildman–Crippen LogP) is 4.03. The molecule has 1 aliphatic rings. The number of fused-ring (bicyclic) bond motifs is 1. The quantitative estimate of drug-likeness (QED) is 0.754. The highest BCUT2D eigenvalue weighted by Gasteiger charge is 2.13. The molecule has 2 nitrogen and oxygen atoms in total. The molecule has 1 aromatic rings. The zero-order chi connectivity index (χ0) is 12.8. The number of hydrogen-bond acceptors (Lipinski definition) is 2. The monoisotopic (exact) mass is 266 g/mol. The van der Waals surface area contributed by atoms with Crippen molar-refractivity contribution in [3.05, 3.63) is 23.4 Å². The van der Waals surface area contributed by atoms with Gasteiger partial charge in [0.15, 0.2) is 0 Å². The van der Waals surface area contributed by atoms with Crippen molar-refractivity contribution in [2.45, 2.75) is 45.4 Å². The maximum absolute atomic E-state index is 5.85. The van der Waals surface area contributed by atoms with Gasteiger partial charge < -0.3 is 5.32 Å². The van der Waals surface area contributed by atoms with Crippen molar-refractivity contribution in [2.75, 3.05) is 17.7 Å². The normalized spacial score (nSPS) is 15.4. The summed E-state index contributed by atoms with van der Waals surface area (Å²) in [6.07, 6.45) is 7.16. The van der Waals surface area contributed by atoms with Crippen molar-refractivity contribution >= 4 is 17.4 Å². The lowest BCUT2D eigenvalue weighted by Gasteiger charge is -2.16. The third-order valence-electron chi connectivity index (χ3n) is 3.71. The van der Waals surface area contributed by atoms with Crippen molar-refractivity contribution < 1.29 is 0 Å². The molecule has 1 unspecified atom stereocenters. The van der Waals surface area contributed by atoms with Crippen LogP contribution in [0.1, 0.15) is 43.9 Å². The number of nitrogens with one attached hydrogen (secondary N) is 1. The molecule has 18 heavy (non-hydrogen) atoms. The fraction of sp³-hybridized carbons (Fsp3) is 0.667. The number of nitrogens with zero attached hydrogens (tertiary/aromatic N) is 1. The van der Waals surface area contributed by atoms with E-state index < -0.39 is 0 Å². The number of hydrogen-bond donors (Lipinski definition) is 1. The molecule has 0 bridgehead atoms. The Hall–Kier alpha value is -0.760. The fourth-order valence-corrected chi connectivity index (χ4v) is 2.99. The lowest BCUT2D eigenvalue weighted by molar-refractivity contribution is 0.489. The Morgan fingerprint density at radius 3 is 3.00 bits per heavy atom. The van der Waals surface area contributed by atoms with Crippen LogP contribution in [0.3, 0.4) is 0 Å². The maximum Gasteiger partial charge on any atom is 0.126 e. The first-order valence-electron chi connectivity index (χ1n) is 7.12. The molecule has 2 rings (SSSR count). The van der Waals surface area contributed by atoms with E-state index in [1.165, 1.54) is 36.9 Å². The van der Waals surface area contributed by atoms with E-state index in [4.69, 9.17) is 16.6 Å². The third-order valence-corrected chi connectivity index (χ3v) is 3.93. The minimum Gasteiger partial charge on any atom is -0.370 e. The largest absolute Gasteiger partial charge is 0.370 e. The molecule has 100 valence electrons. The van der Waals surface area contributed by atoms with Crippen LogP contribution in [0.25, 0.3) is 0 Å². The Balaban J connectivity index is 1.88. The molecule has 1 aromatic heterocycles. The second-order valence-corrected chi connectivity index (χ2v) is 5.55. The summed E-state index contributed by atoms with van der Waals surface area (Å²) < 4.78 is 0. The minimum atomic E-state index is 0.669. The summed E-state index contributed by atoms with van der Waals surface area (Å²) in [6, 6.07) is 4.35. The van der Waals surface area contributed by atoms with Crippen LogP contribution in [0.5, 0.6) is 0 Å². The first-order valence-corrected chi connectivity index (χ1v) is 7.65. The molecule has 0 radical (unpaired) electrons. The lowest BCUT2D eigenvalue weighted by Crippen LogP contribution is -2.15. The van der Waals surface area contributed by atoms with Gasteiger partial charge >= 0.3 is 0 Å². The predicted molar refractivity (Wildman–Crippen MR) is 78.5 cm³/mol. The molecule has 0 fully saturated rings.